The van der Waals surface area contributed by atoms with Crippen LogP contribution in [-0.2, 0) is 4.79 Å². The summed E-state index contributed by atoms with van der Waals surface area (Å²) in [6.07, 6.45) is 0.299. The van der Waals surface area contributed by atoms with Crippen molar-refractivity contribution in [3.05, 3.63) is 0 Å². The van der Waals surface area contributed by atoms with Gasteiger partial charge in [0.25, 0.3) is 0 Å². The Hall–Kier alpha value is -1.18. The summed E-state index contributed by atoms with van der Waals surface area (Å²) >= 11 is 0. The van der Waals surface area contributed by atoms with Gasteiger partial charge < -0.3 is 21.0 Å². The van der Waals surface area contributed by atoms with Crippen molar-refractivity contribution in [1.29, 1.82) is 0 Å². The van der Waals surface area contributed by atoms with Gasteiger partial charge in [0.05, 0.1) is 11.3 Å². The Labute approximate surface area is 127 Å². The topological polar surface area (TPSA) is 97.2 Å². The number of carbonyl (C=O) groups excluding carboxylic acids is 1. The fourth-order valence-corrected chi connectivity index (χ4v) is 1.74. The lowest BCUT2D eigenvalue weighted by molar-refractivity contribution is -0.123. The molecule has 1 atom stereocenters. The number of carbonyl (C=O) groups is 1. The maximum Gasteiger partial charge on any atom is 0.221 e. The summed E-state index contributed by atoms with van der Waals surface area (Å²) in [7, 11) is 1.60. The first-order valence-electron chi connectivity index (χ1n) is 7.11. The fraction of sp³-hybridized carbons (Fsp3) is 0.857. The minimum absolute atomic E-state index is 0.0965. The highest BCUT2D eigenvalue weighted by molar-refractivity contribution is 5.94. The minimum atomic E-state index is -0.681. The van der Waals surface area contributed by atoms with Crippen molar-refractivity contribution >= 4 is 11.6 Å². The van der Waals surface area contributed by atoms with Gasteiger partial charge in [0, 0.05) is 31.6 Å². The molecule has 7 heteroatoms. The van der Waals surface area contributed by atoms with Gasteiger partial charge in [-0.25, -0.2) is 0 Å². The van der Waals surface area contributed by atoms with E-state index in [1.54, 1.807) is 27.8 Å². The summed E-state index contributed by atoms with van der Waals surface area (Å²) in [6, 6.07) is -0.0965. The molecule has 0 aromatic carbocycles. The summed E-state index contributed by atoms with van der Waals surface area (Å²) in [4.78, 5) is 11.9. The maximum atomic E-state index is 11.9. The van der Waals surface area contributed by atoms with Gasteiger partial charge in [-0.05, 0) is 41.5 Å². The average molecular weight is 302 g/mol. The number of amides is 1. The molecule has 0 aliphatic rings. The quantitative estimate of drug-likeness (QED) is 0.307. The molecule has 124 valence electrons. The molecule has 0 fully saturated rings. The van der Waals surface area contributed by atoms with Crippen LogP contribution in [0, 0.1) is 0 Å². The molecule has 4 N–H and O–H groups in total. The number of nitrogens with one attached hydrogen (secondary N) is 2. The molecule has 0 aromatic rings. The second-order valence-corrected chi connectivity index (χ2v) is 6.51. The zero-order chi connectivity index (χ0) is 16.8. The number of hydrogen-bond donors (Lipinski definition) is 4. The third-order valence-corrected chi connectivity index (χ3v) is 4.04. The largest absolute Gasteiger partial charge is 0.411 e. The van der Waals surface area contributed by atoms with E-state index in [0.29, 0.717) is 18.7 Å². The Morgan fingerprint density at radius 2 is 1.86 bits per heavy atom. The molecule has 7 nitrogen and oxygen atoms in total. The molecule has 0 aliphatic carbocycles. The van der Waals surface area contributed by atoms with Crippen LogP contribution < -0.4 is 10.6 Å². The van der Waals surface area contributed by atoms with Crippen LogP contribution in [0.2, 0.25) is 0 Å². The smallest absolute Gasteiger partial charge is 0.221 e. The van der Waals surface area contributed by atoms with E-state index in [2.05, 4.69) is 15.8 Å². The van der Waals surface area contributed by atoms with Crippen LogP contribution in [-0.4, -0.2) is 57.8 Å². The van der Waals surface area contributed by atoms with E-state index in [9.17, 15) is 10.0 Å². The first-order chi connectivity index (χ1) is 9.44. The third kappa shape index (κ3) is 6.41. The number of hydrogen-bond acceptors (Lipinski definition) is 6. The van der Waals surface area contributed by atoms with Gasteiger partial charge in [-0.1, -0.05) is 5.16 Å². The van der Waals surface area contributed by atoms with Crippen LogP contribution in [0.15, 0.2) is 5.16 Å². The van der Waals surface area contributed by atoms with E-state index in [-0.39, 0.29) is 17.5 Å². The molecule has 1 amide bonds. The van der Waals surface area contributed by atoms with Crippen LogP contribution in [0.4, 0.5) is 0 Å². The Morgan fingerprint density at radius 1 is 1.33 bits per heavy atom. The van der Waals surface area contributed by atoms with Crippen LogP contribution in [0.25, 0.3) is 0 Å². The predicted octanol–water partition coefficient (Wildman–Crippen LogP) is 1.20. The Morgan fingerprint density at radius 3 is 2.29 bits per heavy atom. The highest BCUT2D eigenvalue weighted by atomic mass is 16.5. The Bertz CT molecular complexity index is 378. The Kier molecular flexibility index (Phi) is 7.29. The normalized spacial score (nSPS) is 15.2. The SMILES string of the molecule is C/C(=N\O)C(C)(C)NC(=O)CCNC(C)(C)C(C)N(C)O. The second-order valence-electron chi connectivity index (χ2n) is 6.51. The van der Waals surface area contributed by atoms with Crippen LogP contribution >= 0.6 is 0 Å². The van der Waals surface area contributed by atoms with Gasteiger partial charge in [0.1, 0.15) is 0 Å². The summed E-state index contributed by atoms with van der Waals surface area (Å²) in [5, 5.41) is 28.6. The van der Waals surface area contributed by atoms with Gasteiger partial charge in [-0.15, -0.1) is 0 Å². The molecule has 0 bridgehead atoms. The molecule has 0 saturated heterocycles. The summed E-state index contributed by atoms with van der Waals surface area (Å²) < 4.78 is 0. The molecule has 0 rings (SSSR count). The second kappa shape index (κ2) is 7.72. The highest BCUT2D eigenvalue weighted by Gasteiger charge is 2.28. The van der Waals surface area contributed by atoms with Crippen molar-refractivity contribution in [3.63, 3.8) is 0 Å². The van der Waals surface area contributed by atoms with E-state index >= 15 is 0 Å². The lowest BCUT2D eigenvalue weighted by Crippen LogP contribution is -2.55. The molecule has 0 aliphatic heterocycles. The molecular formula is C14H30N4O3. The van der Waals surface area contributed by atoms with E-state index < -0.39 is 5.54 Å². The van der Waals surface area contributed by atoms with Gasteiger partial charge in [-0.2, -0.15) is 5.06 Å². The van der Waals surface area contributed by atoms with Gasteiger partial charge >= 0.3 is 0 Å². The third-order valence-electron chi connectivity index (χ3n) is 4.04. The zero-order valence-electron chi connectivity index (χ0n) is 14.2. The minimum Gasteiger partial charge on any atom is -0.411 e. The Balaban J connectivity index is 4.34. The molecule has 0 spiro atoms. The number of nitrogens with zero attached hydrogens (tertiary/aromatic N) is 2. The summed E-state index contributed by atoms with van der Waals surface area (Å²) in [6.45, 7) is 11.5. The number of likely N-dealkylation sites (N-methyl/N-ethyl adjacent to an activating group) is 1. The predicted molar refractivity (Wildman–Crippen MR) is 82.8 cm³/mol. The van der Waals surface area contributed by atoms with Gasteiger partial charge in [-0.3, -0.25) is 4.79 Å². The van der Waals surface area contributed by atoms with Crippen molar-refractivity contribution in [2.45, 2.75) is 65.1 Å². The monoisotopic (exact) mass is 302 g/mol. The van der Waals surface area contributed by atoms with Crippen molar-refractivity contribution < 1.29 is 15.2 Å². The zero-order valence-corrected chi connectivity index (χ0v) is 14.2. The lowest BCUT2D eigenvalue weighted by Gasteiger charge is -2.36. The molecule has 0 aromatic heterocycles. The van der Waals surface area contributed by atoms with Gasteiger partial charge in [0.2, 0.25) is 5.91 Å². The molecule has 21 heavy (non-hydrogen) atoms. The lowest BCUT2D eigenvalue weighted by atomic mass is 9.95. The highest BCUT2D eigenvalue weighted by Crippen LogP contribution is 2.12. The van der Waals surface area contributed by atoms with Crippen LogP contribution in [0.3, 0.4) is 0 Å². The van der Waals surface area contributed by atoms with Gasteiger partial charge in [0.15, 0.2) is 0 Å². The number of rotatable bonds is 8. The number of hydroxylamine groups is 2. The molecular weight excluding hydrogens is 272 g/mol. The van der Waals surface area contributed by atoms with Crippen molar-refractivity contribution in [2.75, 3.05) is 13.6 Å². The van der Waals surface area contributed by atoms with Crippen molar-refractivity contribution in [2.24, 2.45) is 5.16 Å². The van der Waals surface area contributed by atoms with Crippen molar-refractivity contribution in [3.8, 4) is 0 Å². The van der Waals surface area contributed by atoms with Crippen LogP contribution in [0.5, 0.6) is 0 Å². The van der Waals surface area contributed by atoms with Crippen LogP contribution in [0.1, 0.15) is 48.0 Å². The molecule has 0 heterocycles. The summed E-state index contributed by atoms with van der Waals surface area (Å²) in [5.74, 6) is -0.128. The fourth-order valence-electron chi connectivity index (χ4n) is 1.74. The van der Waals surface area contributed by atoms with E-state index in [0.717, 1.165) is 5.06 Å². The van der Waals surface area contributed by atoms with Crippen molar-refractivity contribution in [1.82, 2.24) is 15.7 Å². The van der Waals surface area contributed by atoms with E-state index in [1.807, 2.05) is 20.8 Å². The maximum absolute atomic E-state index is 11.9. The van der Waals surface area contributed by atoms with E-state index in [1.165, 1.54) is 0 Å². The first kappa shape index (κ1) is 19.8. The summed E-state index contributed by atoms with van der Waals surface area (Å²) in [5.41, 5.74) is -0.568. The standard InChI is InChI=1S/C14H30N4O3/c1-10(17-20)13(3,4)16-12(19)8-9-15-14(5,6)11(2)18(7)21/h11,15,20-21H,8-9H2,1-7H3,(H,16,19)/b17-10+. The molecule has 0 radical (unpaired) electrons. The average Bonchev–Trinajstić information content (AvgIpc) is 2.35. The molecule has 1 unspecified atom stereocenters. The molecule has 0 saturated carbocycles. The van der Waals surface area contributed by atoms with E-state index in [4.69, 9.17) is 5.21 Å². The first-order valence-corrected chi connectivity index (χ1v) is 7.11. The number of oxime groups is 1.